The topological polar surface area (TPSA) is 0 Å². The molecule has 0 N–H and O–H groups in total. The van der Waals surface area contributed by atoms with E-state index in [1.54, 1.807) is 0 Å². The average molecular weight is 323 g/mol. The molecule has 1 rings (SSSR count). The van der Waals surface area contributed by atoms with Gasteiger partial charge in [0.2, 0.25) is 0 Å². The summed E-state index contributed by atoms with van der Waals surface area (Å²) in [4.78, 5) is 0. The first-order valence-electron chi connectivity index (χ1n) is 5.15. The van der Waals surface area contributed by atoms with Gasteiger partial charge in [-0.1, -0.05) is 0 Å². The first-order chi connectivity index (χ1) is 8.15. The van der Waals surface area contributed by atoms with Crippen molar-refractivity contribution in [2.45, 2.75) is 23.7 Å². The molecule has 0 bridgehead atoms. The van der Waals surface area contributed by atoms with Crippen molar-refractivity contribution >= 4 is 13.3 Å². The number of benzene rings is 1. The normalized spacial score (nSPS) is 11.1. The molecule has 0 radical (unpaired) electrons. The van der Waals surface area contributed by atoms with Gasteiger partial charge in [0.05, 0.1) is 0 Å². The molecule has 6 heteroatoms. The van der Waals surface area contributed by atoms with Crippen LogP contribution in [0.25, 0.3) is 0 Å². The van der Waals surface area contributed by atoms with Crippen molar-refractivity contribution in [3.63, 3.8) is 0 Å². The van der Waals surface area contributed by atoms with Crippen LogP contribution in [0.4, 0.5) is 22.0 Å². The van der Waals surface area contributed by atoms with Crippen molar-refractivity contribution in [2.75, 3.05) is 0 Å². The van der Waals surface area contributed by atoms with E-state index in [1.807, 2.05) is 17.3 Å². The van der Waals surface area contributed by atoms with Crippen molar-refractivity contribution < 1.29 is 22.0 Å². The zero-order valence-corrected chi connectivity index (χ0v) is 12.2. The van der Waals surface area contributed by atoms with Crippen LogP contribution in [0, 0.1) is 39.8 Å². The molecule has 0 aliphatic rings. The number of hydrogen-bond acceptors (Lipinski definition) is 0. The van der Waals surface area contributed by atoms with Crippen molar-refractivity contribution in [2.24, 2.45) is 0 Å². The van der Waals surface area contributed by atoms with Crippen LogP contribution in [0.2, 0.25) is 17.3 Å². The van der Waals surface area contributed by atoms with E-state index >= 15 is 0 Å². The molecular formula is C12H11F5Ge. The third-order valence-electron chi connectivity index (χ3n) is 2.03. The van der Waals surface area contributed by atoms with E-state index in [2.05, 4.69) is 10.7 Å². The molecule has 0 unspecified atom stereocenters. The zero-order valence-electron chi connectivity index (χ0n) is 10.1. The predicted molar refractivity (Wildman–Crippen MR) is 61.1 cm³/mol. The molecule has 0 spiro atoms. The van der Waals surface area contributed by atoms with Gasteiger partial charge in [-0.3, -0.25) is 0 Å². The van der Waals surface area contributed by atoms with Crippen molar-refractivity contribution in [3.8, 4) is 10.7 Å². The average Bonchev–Trinajstić information content (AvgIpc) is 2.27. The molecule has 0 fully saturated rings. The monoisotopic (exact) mass is 324 g/mol. The molecule has 0 aliphatic carbocycles. The third-order valence-corrected chi connectivity index (χ3v) is 3.97. The van der Waals surface area contributed by atoms with Gasteiger partial charge in [0.15, 0.2) is 0 Å². The van der Waals surface area contributed by atoms with Crippen LogP contribution < -0.4 is 0 Å². The maximum absolute atomic E-state index is 13.2. The SMILES string of the molecule is [CH3][Ge]([CH3])([CH3])[C]#CCc1c(F)c(F)c(F)c(F)c1F. The minimum absolute atomic E-state index is 0.478. The number of halogens is 5. The molecule has 18 heavy (non-hydrogen) atoms. The summed E-state index contributed by atoms with van der Waals surface area (Å²) in [5, 5.41) is 0. The van der Waals surface area contributed by atoms with E-state index in [0.29, 0.717) is 0 Å². The fourth-order valence-corrected chi connectivity index (χ4v) is 2.50. The molecule has 0 saturated heterocycles. The summed E-state index contributed by atoms with van der Waals surface area (Å²) in [5.41, 5.74) is -0.870. The van der Waals surface area contributed by atoms with Crippen LogP contribution in [0.5, 0.6) is 0 Å². The van der Waals surface area contributed by atoms with Gasteiger partial charge < -0.3 is 0 Å². The van der Waals surface area contributed by atoms with Gasteiger partial charge in [-0.25, -0.2) is 0 Å². The molecule has 1 aromatic rings. The molecule has 98 valence electrons. The predicted octanol–water partition coefficient (Wildman–Crippen LogP) is 3.81. The van der Waals surface area contributed by atoms with Crippen molar-refractivity contribution in [1.29, 1.82) is 0 Å². The Labute approximate surface area is 105 Å². The molecule has 0 saturated carbocycles. The molecule has 0 heterocycles. The van der Waals surface area contributed by atoms with Crippen LogP contribution >= 0.6 is 0 Å². The standard InChI is InChI=1S/C12H11F5Ge/c1-18(2,3)6-4-5-7-8(13)10(15)12(17)11(16)9(7)14/h5H2,1-3H3. The quantitative estimate of drug-likeness (QED) is 0.242. The Hall–Kier alpha value is -1.03. The summed E-state index contributed by atoms with van der Waals surface area (Å²) in [5.74, 6) is -1.26. The number of rotatable bonds is 1. The van der Waals surface area contributed by atoms with Crippen LogP contribution in [-0.2, 0) is 6.42 Å². The molecule has 0 aliphatic heterocycles. The Morgan fingerprint density at radius 2 is 1.17 bits per heavy atom. The Kier molecular flexibility index (Phi) is 4.43. The molecule has 0 atom stereocenters. The van der Waals surface area contributed by atoms with Gasteiger partial charge in [-0.05, 0) is 0 Å². The van der Waals surface area contributed by atoms with E-state index in [9.17, 15) is 22.0 Å². The van der Waals surface area contributed by atoms with E-state index in [0.717, 1.165) is 0 Å². The van der Waals surface area contributed by atoms with Gasteiger partial charge in [0, 0.05) is 0 Å². The second-order valence-electron chi connectivity index (χ2n) is 4.78. The summed E-state index contributed by atoms with van der Waals surface area (Å²) in [6.45, 7) is 0. The van der Waals surface area contributed by atoms with Crippen LogP contribution in [0.1, 0.15) is 5.56 Å². The Morgan fingerprint density at radius 1 is 0.778 bits per heavy atom. The first-order valence-corrected chi connectivity index (χ1v) is 12.5. The van der Waals surface area contributed by atoms with Crippen LogP contribution in [0.15, 0.2) is 0 Å². The molecule has 1 aromatic carbocycles. The molecule has 0 aromatic heterocycles. The summed E-state index contributed by atoms with van der Waals surface area (Å²) in [7, 11) is 0. The van der Waals surface area contributed by atoms with Gasteiger partial charge in [-0.15, -0.1) is 0 Å². The molecule has 0 nitrogen and oxygen atoms in total. The fraction of sp³-hybridized carbons (Fsp3) is 0.333. The second-order valence-corrected chi connectivity index (χ2v) is 14.7. The Balaban J connectivity index is 3.22. The van der Waals surface area contributed by atoms with Gasteiger partial charge in [-0.2, -0.15) is 0 Å². The fourth-order valence-electron chi connectivity index (χ4n) is 1.20. The third kappa shape index (κ3) is 3.25. The summed E-state index contributed by atoms with van der Waals surface area (Å²) in [6.07, 6.45) is -0.478. The van der Waals surface area contributed by atoms with Crippen LogP contribution in [0.3, 0.4) is 0 Å². The molecule has 0 amide bonds. The molecular weight excluding hydrogens is 312 g/mol. The van der Waals surface area contributed by atoms with Gasteiger partial charge >= 0.3 is 104 Å². The summed E-state index contributed by atoms with van der Waals surface area (Å²) in [6, 6.07) is 0. The van der Waals surface area contributed by atoms with Crippen molar-refractivity contribution in [3.05, 3.63) is 34.6 Å². The zero-order chi connectivity index (χ0) is 14.1. The number of hydrogen-bond donors (Lipinski definition) is 0. The van der Waals surface area contributed by atoms with E-state index in [4.69, 9.17) is 0 Å². The summed E-state index contributed by atoms with van der Waals surface area (Å²) >= 11 is -2.22. The minimum atomic E-state index is -2.22. The van der Waals surface area contributed by atoms with E-state index in [1.165, 1.54) is 0 Å². The van der Waals surface area contributed by atoms with E-state index < -0.39 is 54.3 Å². The first kappa shape index (κ1) is 15.0. The Bertz CT molecular complexity index is 505. The van der Waals surface area contributed by atoms with Gasteiger partial charge in [0.1, 0.15) is 0 Å². The van der Waals surface area contributed by atoms with Crippen LogP contribution in [-0.4, -0.2) is 13.3 Å². The Morgan fingerprint density at radius 3 is 1.56 bits per heavy atom. The summed E-state index contributed by atoms with van der Waals surface area (Å²) < 4.78 is 67.8. The van der Waals surface area contributed by atoms with E-state index in [-0.39, 0.29) is 0 Å². The van der Waals surface area contributed by atoms with Gasteiger partial charge in [0.25, 0.3) is 0 Å². The maximum atomic E-state index is 13.2. The van der Waals surface area contributed by atoms with Crippen molar-refractivity contribution in [1.82, 2.24) is 0 Å². The second kappa shape index (κ2) is 5.31.